The van der Waals surface area contributed by atoms with Crippen LogP contribution < -0.4 is 14.9 Å². The molecule has 4 aromatic rings. The van der Waals surface area contributed by atoms with Crippen molar-refractivity contribution in [3.8, 4) is 11.1 Å². The molecule has 0 atom stereocenters. The van der Waals surface area contributed by atoms with Crippen LogP contribution in [0.5, 0.6) is 0 Å². The van der Waals surface area contributed by atoms with Crippen LogP contribution in [0.15, 0.2) is 60.0 Å². The van der Waals surface area contributed by atoms with E-state index in [0.29, 0.717) is 12.5 Å². The number of hydrogen-bond donors (Lipinski definition) is 3. The zero-order valence-corrected chi connectivity index (χ0v) is 18.5. The third-order valence-corrected chi connectivity index (χ3v) is 5.93. The summed E-state index contributed by atoms with van der Waals surface area (Å²) in [6.45, 7) is 0.481. The van der Waals surface area contributed by atoms with Crippen molar-refractivity contribution < 1.29 is 13.0 Å². The number of benzene rings is 2. The second-order valence-electron chi connectivity index (χ2n) is 7.09. The Bertz CT molecular complexity index is 1300. The van der Waals surface area contributed by atoms with Crippen LogP contribution in [-0.4, -0.2) is 37.0 Å². The molecule has 10 heteroatoms. The van der Waals surface area contributed by atoms with Gasteiger partial charge in [0.2, 0.25) is 5.95 Å². The molecule has 0 fully saturated rings. The van der Waals surface area contributed by atoms with Crippen molar-refractivity contribution in [1.82, 2.24) is 9.97 Å². The highest BCUT2D eigenvalue weighted by atomic mass is 32.2. The number of hydrogen-bond acceptors (Lipinski definition) is 7. The highest BCUT2D eigenvalue weighted by Crippen LogP contribution is 2.38. The maximum absolute atomic E-state index is 10.9. The molecular formula is C21H21N5O3S2. The van der Waals surface area contributed by atoms with E-state index in [9.17, 15) is 8.42 Å². The van der Waals surface area contributed by atoms with Crippen molar-refractivity contribution in [2.24, 2.45) is 0 Å². The average molecular weight is 456 g/mol. The van der Waals surface area contributed by atoms with Crippen molar-refractivity contribution in [2.75, 3.05) is 29.0 Å². The molecule has 0 radical (unpaired) electrons. The first-order valence-electron chi connectivity index (χ1n) is 9.40. The highest BCUT2D eigenvalue weighted by molar-refractivity contribution is 7.87. The summed E-state index contributed by atoms with van der Waals surface area (Å²) in [4.78, 5) is 12.2. The number of nitrogens with one attached hydrogen (secondary N) is 2. The van der Waals surface area contributed by atoms with E-state index in [1.54, 1.807) is 35.6 Å². The quantitative estimate of drug-likeness (QED) is 0.358. The van der Waals surface area contributed by atoms with E-state index in [2.05, 4.69) is 27.8 Å². The standard InChI is InChI=1S/C21H21N5O3S2/c1-26(2)21-23-19(22-12-14-8-10-16(11-9-14)25-31(27,28)29)18-17(13-30-20(18)24-21)15-6-4-3-5-7-15/h3-11,13,25H,12H2,1-2H3,(H,22,23,24)(H,27,28,29). The summed E-state index contributed by atoms with van der Waals surface area (Å²) < 4.78 is 32.8. The smallest absolute Gasteiger partial charge is 0.357 e. The van der Waals surface area contributed by atoms with E-state index in [-0.39, 0.29) is 5.69 Å². The summed E-state index contributed by atoms with van der Waals surface area (Å²) in [6.07, 6.45) is 0. The normalized spacial score (nSPS) is 11.5. The number of aromatic nitrogens is 2. The predicted octanol–water partition coefficient (Wildman–Crippen LogP) is 4.25. The minimum atomic E-state index is -4.29. The molecule has 2 aromatic heterocycles. The fourth-order valence-electron chi connectivity index (χ4n) is 3.11. The van der Waals surface area contributed by atoms with E-state index in [1.807, 2.05) is 41.9 Å². The van der Waals surface area contributed by atoms with Crippen LogP contribution in [0.3, 0.4) is 0 Å². The zero-order chi connectivity index (χ0) is 22.0. The third kappa shape index (κ3) is 4.93. The lowest BCUT2D eigenvalue weighted by Gasteiger charge is -2.14. The van der Waals surface area contributed by atoms with Gasteiger partial charge >= 0.3 is 10.3 Å². The van der Waals surface area contributed by atoms with Gasteiger partial charge in [-0.05, 0) is 23.3 Å². The number of anilines is 3. The van der Waals surface area contributed by atoms with Crippen molar-refractivity contribution in [3.63, 3.8) is 0 Å². The number of fused-ring (bicyclic) bond motifs is 1. The van der Waals surface area contributed by atoms with Crippen LogP contribution in [-0.2, 0) is 16.8 Å². The summed E-state index contributed by atoms with van der Waals surface area (Å²) in [7, 11) is -0.493. The second kappa shape index (κ2) is 8.50. The lowest BCUT2D eigenvalue weighted by atomic mass is 10.1. The van der Waals surface area contributed by atoms with Gasteiger partial charge < -0.3 is 10.2 Å². The van der Waals surface area contributed by atoms with Gasteiger partial charge in [0.25, 0.3) is 0 Å². The summed E-state index contributed by atoms with van der Waals surface area (Å²) >= 11 is 1.58. The molecule has 160 valence electrons. The Balaban J connectivity index is 1.66. The van der Waals surface area contributed by atoms with Gasteiger partial charge in [0.15, 0.2) is 0 Å². The van der Waals surface area contributed by atoms with Crippen molar-refractivity contribution in [3.05, 3.63) is 65.5 Å². The zero-order valence-electron chi connectivity index (χ0n) is 16.9. The molecule has 0 bridgehead atoms. The second-order valence-corrected chi connectivity index (χ2v) is 9.10. The average Bonchev–Trinajstić information content (AvgIpc) is 3.17. The lowest BCUT2D eigenvalue weighted by molar-refractivity contribution is 0.489. The van der Waals surface area contributed by atoms with E-state index in [4.69, 9.17) is 9.54 Å². The molecule has 2 heterocycles. The maximum Gasteiger partial charge on any atom is 0.357 e. The van der Waals surface area contributed by atoms with Crippen LogP contribution in [0.2, 0.25) is 0 Å². The molecule has 4 rings (SSSR count). The van der Waals surface area contributed by atoms with Crippen LogP contribution in [0.4, 0.5) is 17.5 Å². The Kier molecular flexibility index (Phi) is 5.77. The number of thiophene rings is 1. The molecule has 0 amide bonds. The monoisotopic (exact) mass is 455 g/mol. The summed E-state index contributed by atoms with van der Waals surface area (Å²) in [6, 6.07) is 16.8. The molecule has 8 nitrogen and oxygen atoms in total. The minimum Gasteiger partial charge on any atom is -0.365 e. The summed E-state index contributed by atoms with van der Waals surface area (Å²) in [5.41, 5.74) is 3.38. The fraction of sp³-hybridized carbons (Fsp3) is 0.143. The molecule has 31 heavy (non-hydrogen) atoms. The van der Waals surface area contributed by atoms with Gasteiger partial charge in [0.05, 0.1) is 11.1 Å². The largest absolute Gasteiger partial charge is 0.365 e. The van der Waals surface area contributed by atoms with Gasteiger partial charge in [-0.15, -0.1) is 11.3 Å². The maximum atomic E-state index is 10.9. The molecule has 0 saturated carbocycles. The van der Waals surface area contributed by atoms with E-state index < -0.39 is 10.3 Å². The first kappa shape index (κ1) is 21.0. The van der Waals surface area contributed by atoms with Gasteiger partial charge in [0, 0.05) is 31.6 Å². The Labute approximate surface area is 184 Å². The first-order valence-corrected chi connectivity index (χ1v) is 11.7. The van der Waals surface area contributed by atoms with Crippen LogP contribution in [0.1, 0.15) is 5.56 Å². The topological polar surface area (TPSA) is 107 Å². The van der Waals surface area contributed by atoms with Crippen LogP contribution in [0, 0.1) is 0 Å². The Morgan fingerprint density at radius 2 is 1.74 bits per heavy atom. The van der Waals surface area contributed by atoms with Crippen molar-refractivity contribution >= 4 is 49.3 Å². The highest BCUT2D eigenvalue weighted by Gasteiger charge is 2.16. The van der Waals surface area contributed by atoms with Gasteiger partial charge in [-0.25, -0.2) is 4.98 Å². The van der Waals surface area contributed by atoms with E-state index >= 15 is 0 Å². The van der Waals surface area contributed by atoms with Gasteiger partial charge in [0.1, 0.15) is 10.6 Å². The van der Waals surface area contributed by atoms with Crippen LogP contribution in [0.25, 0.3) is 21.3 Å². The molecule has 0 aliphatic carbocycles. The van der Waals surface area contributed by atoms with Crippen molar-refractivity contribution in [2.45, 2.75) is 6.54 Å². The Morgan fingerprint density at radius 1 is 1.03 bits per heavy atom. The van der Waals surface area contributed by atoms with E-state index in [0.717, 1.165) is 32.7 Å². The minimum absolute atomic E-state index is 0.287. The predicted molar refractivity (Wildman–Crippen MR) is 126 cm³/mol. The van der Waals surface area contributed by atoms with Gasteiger partial charge in [-0.3, -0.25) is 9.27 Å². The van der Waals surface area contributed by atoms with Gasteiger partial charge in [-0.1, -0.05) is 42.5 Å². The summed E-state index contributed by atoms with van der Waals surface area (Å²) in [5.74, 6) is 1.35. The first-order chi connectivity index (χ1) is 14.8. The molecular weight excluding hydrogens is 434 g/mol. The summed E-state index contributed by atoms with van der Waals surface area (Å²) in [5, 5.41) is 6.46. The van der Waals surface area contributed by atoms with E-state index in [1.165, 1.54) is 0 Å². The number of rotatable bonds is 7. The van der Waals surface area contributed by atoms with Crippen molar-refractivity contribution in [1.29, 1.82) is 0 Å². The van der Waals surface area contributed by atoms with Gasteiger partial charge in [-0.2, -0.15) is 13.4 Å². The lowest BCUT2D eigenvalue weighted by Crippen LogP contribution is -2.14. The molecule has 0 aliphatic heterocycles. The molecule has 0 saturated heterocycles. The Hall–Kier alpha value is -3.21. The molecule has 0 spiro atoms. The molecule has 3 N–H and O–H groups in total. The van der Waals surface area contributed by atoms with Crippen LogP contribution >= 0.6 is 11.3 Å². The molecule has 0 aliphatic rings. The third-order valence-electron chi connectivity index (χ3n) is 4.57. The number of nitrogens with zero attached hydrogens (tertiary/aromatic N) is 3. The Morgan fingerprint density at radius 3 is 2.39 bits per heavy atom. The SMILES string of the molecule is CN(C)c1nc(NCc2ccc(NS(=O)(=O)O)cc2)c2c(-c3ccccc3)csc2n1. The molecule has 0 unspecified atom stereocenters. The fourth-order valence-corrected chi connectivity index (χ4v) is 4.49. The molecule has 2 aromatic carbocycles.